The fourth-order valence-corrected chi connectivity index (χ4v) is 4.44. The van der Waals surface area contributed by atoms with Crippen molar-refractivity contribution in [1.82, 2.24) is 4.90 Å². The second kappa shape index (κ2) is 10.3. The molecule has 1 aliphatic rings. The molecule has 0 aliphatic carbocycles. The van der Waals surface area contributed by atoms with Gasteiger partial charge in [0.1, 0.15) is 0 Å². The van der Waals surface area contributed by atoms with Crippen LogP contribution in [0.1, 0.15) is 26.7 Å². The quantitative estimate of drug-likeness (QED) is 0.686. The minimum absolute atomic E-state index is 0.0347. The predicted octanol–water partition coefficient (Wildman–Crippen LogP) is 4.00. The molecule has 3 rings (SSSR count). The number of piperidine rings is 1. The summed E-state index contributed by atoms with van der Waals surface area (Å²) in [4.78, 5) is 39.5. The van der Waals surface area contributed by atoms with Crippen LogP contribution in [0.15, 0.2) is 59.5 Å². The third kappa shape index (κ3) is 6.10. The Morgan fingerprint density at radius 3 is 2.33 bits per heavy atom. The zero-order valence-corrected chi connectivity index (χ0v) is 18.1. The highest BCUT2D eigenvalue weighted by Crippen LogP contribution is 2.28. The Hall–Kier alpha value is -2.80. The van der Waals surface area contributed by atoms with Crippen LogP contribution >= 0.6 is 11.8 Å². The number of carbonyl (C=O) groups is 3. The van der Waals surface area contributed by atoms with Crippen molar-refractivity contribution in [3.8, 4) is 0 Å². The van der Waals surface area contributed by atoms with Gasteiger partial charge in [-0.05, 0) is 56.2 Å². The summed E-state index contributed by atoms with van der Waals surface area (Å²) in [6, 6.07) is 16.8. The fourth-order valence-electron chi connectivity index (χ4n) is 3.49. The van der Waals surface area contributed by atoms with E-state index < -0.39 is 0 Å². The number of likely N-dealkylation sites (tertiary alicyclic amines) is 1. The maximum absolute atomic E-state index is 13.0. The Balaban J connectivity index is 1.54. The van der Waals surface area contributed by atoms with E-state index in [0.717, 1.165) is 29.1 Å². The molecule has 30 heavy (non-hydrogen) atoms. The van der Waals surface area contributed by atoms with Gasteiger partial charge in [-0.2, -0.15) is 0 Å². The summed E-state index contributed by atoms with van der Waals surface area (Å²) < 4.78 is 0. The van der Waals surface area contributed by atoms with Gasteiger partial charge in [0.2, 0.25) is 17.7 Å². The topological polar surface area (TPSA) is 78.5 Å². The summed E-state index contributed by atoms with van der Waals surface area (Å²) in [5.41, 5.74) is 1.51. The molecular formula is C23H27N3O3S. The highest BCUT2D eigenvalue weighted by atomic mass is 32.2. The van der Waals surface area contributed by atoms with E-state index in [4.69, 9.17) is 0 Å². The lowest BCUT2D eigenvalue weighted by atomic mass is 9.96. The molecule has 0 radical (unpaired) electrons. The molecule has 0 spiro atoms. The third-order valence-corrected chi connectivity index (χ3v) is 6.08. The third-order valence-electron chi connectivity index (χ3n) is 4.98. The summed E-state index contributed by atoms with van der Waals surface area (Å²) in [6.07, 6.45) is 1.61. The number of thioether (sulfide) groups is 1. The van der Waals surface area contributed by atoms with E-state index in [1.165, 1.54) is 18.7 Å². The summed E-state index contributed by atoms with van der Waals surface area (Å²) in [6.45, 7) is 4.49. The van der Waals surface area contributed by atoms with Crippen molar-refractivity contribution in [2.24, 2.45) is 5.92 Å². The second-order valence-electron chi connectivity index (χ2n) is 7.44. The average molecular weight is 426 g/mol. The number of benzene rings is 2. The smallest absolute Gasteiger partial charge is 0.235 e. The first-order valence-corrected chi connectivity index (χ1v) is 11.0. The van der Waals surface area contributed by atoms with Gasteiger partial charge in [-0.1, -0.05) is 18.2 Å². The summed E-state index contributed by atoms with van der Waals surface area (Å²) in [5, 5.41) is 5.42. The van der Waals surface area contributed by atoms with Gasteiger partial charge in [-0.3, -0.25) is 14.4 Å². The fraction of sp³-hybridized carbons (Fsp3) is 0.348. The minimum Gasteiger partial charge on any atom is -0.341 e. The summed E-state index contributed by atoms with van der Waals surface area (Å²) in [5.74, 6) is -0.303. The van der Waals surface area contributed by atoms with Gasteiger partial charge in [0.15, 0.2) is 0 Å². The zero-order chi connectivity index (χ0) is 21.5. The Morgan fingerprint density at radius 2 is 1.67 bits per heavy atom. The number of nitrogens with zero attached hydrogens (tertiary/aromatic N) is 1. The van der Waals surface area contributed by atoms with Crippen LogP contribution in [0.3, 0.4) is 0 Å². The molecule has 158 valence electrons. The number of rotatable bonds is 6. The molecule has 3 amide bonds. The van der Waals surface area contributed by atoms with Crippen LogP contribution in [0, 0.1) is 5.92 Å². The molecule has 2 aromatic rings. The molecular weight excluding hydrogens is 398 g/mol. The molecule has 6 nitrogen and oxygen atoms in total. The lowest BCUT2D eigenvalue weighted by Crippen LogP contribution is -2.46. The van der Waals surface area contributed by atoms with Crippen molar-refractivity contribution in [2.45, 2.75) is 36.8 Å². The molecule has 1 fully saturated rings. The summed E-state index contributed by atoms with van der Waals surface area (Å²) >= 11 is 1.48. The highest BCUT2D eigenvalue weighted by molar-refractivity contribution is 8.00. The van der Waals surface area contributed by atoms with Crippen LogP contribution in [0.25, 0.3) is 0 Å². The van der Waals surface area contributed by atoms with Crippen LogP contribution in [0.2, 0.25) is 0 Å². The van der Waals surface area contributed by atoms with E-state index in [9.17, 15) is 14.4 Å². The minimum atomic E-state index is -0.257. The Kier molecular flexibility index (Phi) is 7.52. The SMILES string of the molecule is CC(=O)Nc1ccc(S[C@@H](C)C(=O)N2CCC[C@H](C(=O)Nc3ccccc3)C2)cc1. The van der Waals surface area contributed by atoms with Gasteiger partial charge >= 0.3 is 0 Å². The lowest BCUT2D eigenvalue weighted by molar-refractivity contribution is -0.133. The molecule has 2 aromatic carbocycles. The maximum Gasteiger partial charge on any atom is 0.235 e. The first-order valence-electron chi connectivity index (χ1n) is 10.1. The Labute approximate surface area is 181 Å². The standard InChI is InChI=1S/C23H27N3O3S/c1-16(30-21-12-10-20(11-13-21)24-17(2)27)23(29)26-14-6-7-18(15-26)22(28)25-19-8-4-3-5-9-19/h3-5,8-13,16,18H,6-7,14-15H2,1-2H3,(H,24,27)(H,25,28)/t16-,18-/m0/s1. The van der Waals surface area contributed by atoms with Gasteiger partial charge in [0.25, 0.3) is 0 Å². The molecule has 1 aliphatic heterocycles. The second-order valence-corrected chi connectivity index (χ2v) is 8.86. The Morgan fingerprint density at radius 1 is 1.00 bits per heavy atom. The molecule has 1 heterocycles. The molecule has 0 aromatic heterocycles. The molecule has 0 saturated carbocycles. The highest BCUT2D eigenvalue weighted by Gasteiger charge is 2.30. The van der Waals surface area contributed by atoms with E-state index in [-0.39, 0.29) is 28.9 Å². The number of para-hydroxylation sites is 1. The van der Waals surface area contributed by atoms with Crippen molar-refractivity contribution in [2.75, 3.05) is 23.7 Å². The number of amides is 3. The van der Waals surface area contributed by atoms with Crippen molar-refractivity contribution in [3.05, 3.63) is 54.6 Å². The number of nitrogens with one attached hydrogen (secondary N) is 2. The van der Waals surface area contributed by atoms with E-state index in [2.05, 4.69) is 10.6 Å². The first kappa shape index (κ1) is 21.9. The van der Waals surface area contributed by atoms with Crippen LogP contribution in [0.5, 0.6) is 0 Å². The Bertz CT molecular complexity index is 886. The number of hydrogen-bond acceptors (Lipinski definition) is 4. The number of hydrogen-bond donors (Lipinski definition) is 2. The van der Waals surface area contributed by atoms with E-state index in [1.54, 1.807) is 0 Å². The van der Waals surface area contributed by atoms with Gasteiger partial charge < -0.3 is 15.5 Å². The normalized spacial score (nSPS) is 17.1. The zero-order valence-electron chi connectivity index (χ0n) is 17.3. The van der Waals surface area contributed by atoms with E-state index in [0.29, 0.717) is 13.1 Å². The molecule has 0 unspecified atom stereocenters. The summed E-state index contributed by atoms with van der Waals surface area (Å²) in [7, 11) is 0. The van der Waals surface area contributed by atoms with Crippen molar-refractivity contribution < 1.29 is 14.4 Å². The number of anilines is 2. The van der Waals surface area contributed by atoms with Crippen molar-refractivity contribution in [1.29, 1.82) is 0 Å². The monoisotopic (exact) mass is 425 g/mol. The van der Waals surface area contributed by atoms with Gasteiger partial charge in [0, 0.05) is 36.3 Å². The largest absolute Gasteiger partial charge is 0.341 e. The molecule has 1 saturated heterocycles. The molecule has 2 N–H and O–H groups in total. The maximum atomic E-state index is 13.0. The van der Waals surface area contributed by atoms with E-state index in [1.807, 2.05) is 66.4 Å². The van der Waals surface area contributed by atoms with Crippen LogP contribution in [0.4, 0.5) is 11.4 Å². The van der Waals surface area contributed by atoms with Gasteiger partial charge in [0.05, 0.1) is 11.2 Å². The van der Waals surface area contributed by atoms with Crippen molar-refractivity contribution >= 4 is 40.9 Å². The van der Waals surface area contributed by atoms with Crippen molar-refractivity contribution in [3.63, 3.8) is 0 Å². The molecule has 7 heteroatoms. The average Bonchev–Trinajstić information content (AvgIpc) is 2.75. The van der Waals surface area contributed by atoms with Crippen LogP contribution in [-0.4, -0.2) is 41.0 Å². The first-order chi connectivity index (χ1) is 14.4. The lowest BCUT2D eigenvalue weighted by Gasteiger charge is -2.33. The molecule has 2 atom stereocenters. The van der Waals surface area contributed by atoms with Crippen LogP contribution < -0.4 is 10.6 Å². The molecule has 0 bridgehead atoms. The van der Waals surface area contributed by atoms with Gasteiger partial charge in [-0.15, -0.1) is 11.8 Å². The predicted molar refractivity (Wildman–Crippen MR) is 120 cm³/mol. The van der Waals surface area contributed by atoms with E-state index >= 15 is 0 Å². The van der Waals surface area contributed by atoms with Crippen LogP contribution in [-0.2, 0) is 14.4 Å². The number of carbonyl (C=O) groups excluding carboxylic acids is 3. The van der Waals surface area contributed by atoms with Gasteiger partial charge in [-0.25, -0.2) is 0 Å².